The zero-order chi connectivity index (χ0) is 25.6. The third-order valence-electron chi connectivity index (χ3n) is 6.36. The molecule has 2 unspecified atom stereocenters. The Kier molecular flexibility index (Phi) is 7.76. The van der Waals surface area contributed by atoms with Crippen molar-refractivity contribution in [2.75, 3.05) is 0 Å². The monoisotopic (exact) mass is 626 g/mol. The zero-order valence-corrected chi connectivity index (χ0v) is 24.1. The number of hydrogen-bond acceptors (Lipinski definition) is 2. The summed E-state index contributed by atoms with van der Waals surface area (Å²) in [5.74, 6) is 0.943. The maximum absolute atomic E-state index is 7.12. The van der Waals surface area contributed by atoms with E-state index in [2.05, 4.69) is 133 Å². The molecular weight excluding hydrogens is 598 g/mol. The molecule has 0 aliphatic carbocycles. The van der Waals surface area contributed by atoms with Gasteiger partial charge in [0.2, 0.25) is 0 Å². The first kappa shape index (κ1) is 24.8. The first-order valence-corrected chi connectivity index (χ1v) is 18.9. The molecule has 4 heteroatoms. The van der Waals surface area contributed by atoms with Gasteiger partial charge in [0.25, 0.3) is 0 Å². The Labute approximate surface area is 235 Å². The predicted molar refractivity (Wildman–Crippen MR) is 159 cm³/mol. The van der Waals surface area contributed by atoms with Crippen LogP contribution in [-0.2, 0) is 9.47 Å². The zero-order valence-electron chi connectivity index (χ0n) is 20.6. The predicted octanol–water partition coefficient (Wildman–Crippen LogP) is 7.27. The standard InChI is InChI=1S/C34H26O2Se2/c1-5-15-25(16-6-1)30-31(26-17-7-2-8-18-26)33(28-21-11-4-12-22-28)36-34(32(30)27-19-9-3-10-20-27)38-37-29-23-13-14-24-35-29/h1-24,29,34H. The maximum atomic E-state index is 7.12. The molecule has 2 aliphatic rings. The number of rotatable bonds is 7. The molecule has 0 fully saturated rings. The summed E-state index contributed by atoms with van der Waals surface area (Å²) in [6, 6.07) is 42.7. The molecule has 2 heterocycles. The third kappa shape index (κ3) is 5.36. The molecule has 0 saturated heterocycles. The van der Waals surface area contributed by atoms with Crippen molar-refractivity contribution in [1.82, 2.24) is 0 Å². The van der Waals surface area contributed by atoms with Gasteiger partial charge in [-0.2, -0.15) is 0 Å². The third-order valence-corrected chi connectivity index (χ3v) is 13.8. The molecule has 4 aromatic rings. The van der Waals surface area contributed by atoms with E-state index < -0.39 is 0 Å². The van der Waals surface area contributed by atoms with Crippen LogP contribution < -0.4 is 0 Å². The second-order valence-corrected chi connectivity index (χ2v) is 15.7. The van der Waals surface area contributed by atoms with E-state index in [0.717, 1.165) is 22.5 Å². The molecule has 2 atom stereocenters. The fourth-order valence-corrected chi connectivity index (χ4v) is 11.7. The van der Waals surface area contributed by atoms with Crippen LogP contribution in [0.25, 0.3) is 22.5 Å². The summed E-state index contributed by atoms with van der Waals surface area (Å²) < 4.78 is 13.0. The first-order valence-electron chi connectivity index (χ1n) is 12.6. The van der Waals surface area contributed by atoms with Crippen molar-refractivity contribution < 1.29 is 9.47 Å². The molecule has 6 rings (SSSR count). The van der Waals surface area contributed by atoms with E-state index in [0.29, 0.717) is 0 Å². The molecule has 2 aliphatic heterocycles. The number of ether oxygens (including phenoxy) is 2. The molecule has 2 nitrogen and oxygen atoms in total. The Morgan fingerprint density at radius 2 is 1.03 bits per heavy atom. The van der Waals surface area contributed by atoms with E-state index >= 15 is 0 Å². The summed E-state index contributed by atoms with van der Waals surface area (Å²) in [5, 5.41) is 0.0821. The van der Waals surface area contributed by atoms with Crippen LogP contribution in [-0.4, -0.2) is 36.3 Å². The SMILES string of the molecule is C1=COC([Se][Se]C2OC(c3ccccc3)=C(c3ccccc3)C(c3ccccc3)=C2c2ccccc2)C=C1. The molecule has 0 N–H and O–H groups in total. The van der Waals surface area contributed by atoms with Crippen LogP contribution in [0.1, 0.15) is 22.3 Å². The first-order chi connectivity index (χ1) is 18.9. The van der Waals surface area contributed by atoms with Gasteiger partial charge in [0.15, 0.2) is 0 Å². The van der Waals surface area contributed by atoms with E-state index in [1.54, 1.807) is 6.26 Å². The quantitative estimate of drug-likeness (QED) is 0.202. The molecule has 0 bridgehead atoms. The summed E-state index contributed by atoms with van der Waals surface area (Å²) in [6.45, 7) is 0. The summed E-state index contributed by atoms with van der Waals surface area (Å²) in [5.41, 5.74) is 8.29. The van der Waals surface area contributed by atoms with Gasteiger partial charge in [-0.05, 0) is 0 Å². The van der Waals surface area contributed by atoms with E-state index in [9.17, 15) is 0 Å². The summed E-state index contributed by atoms with van der Waals surface area (Å²) >= 11 is 0.410. The fraction of sp³-hybridized carbons (Fsp3) is 0.0588. The molecule has 0 saturated carbocycles. The van der Waals surface area contributed by atoms with Gasteiger partial charge in [0.1, 0.15) is 0 Å². The van der Waals surface area contributed by atoms with Crippen molar-refractivity contribution in [3.05, 3.63) is 168 Å². The number of allylic oxidation sites excluding steroid dienone is 4. The van der Waals surface area contributed by atoms with E-state index in [4.69, 9.17) is 9.47 Å². The fourth-order valence-electron chi connectivity index (χ4n) is 4.67. The Morgan fingerprint density at radius 1 is 0.500 bits per heavy atom. The number of benzene rings is 4. The van der Waals surface area contributed by atoms with Crippen molar-refractivity contribution >= 4 is 48.7 Å². The van der Waals surface area contributed by atoms with Crippen LogP contribution in [0.15, 0.2) is 146 Å². The minimum absolute atomic E-state index is 0.0503. The molecule has 38 heavy (non-hydrogen) atoms. The number of hydrogen-bond donors (Lipinski definition) is 0. The van der Waals surface area contributed by atoms with Gasteiger partial charge in [-0.3, -0.25) is 0 Å². The Hall–Kier alpha value is -3.52. The molecule has 0 spiro atoms. The van der Waals surface area contributed by atoms with Crippen LogP contribution in [0.4, 0.5) is 0 Å². The molecule has 4 aromatic carbocycles. The van der Waals surface area contributed by atoms with E-state index in [-0.39, 0.29) is 36.3 Å². The van der Waals surface area contributed by atoms with Crippen molar-refractivity contribution in [3.8, 4) is 0 Å². The Balaban J connectivity index is 1.60. The molecule has 0 amide bonds. The van der Waals surface area contributed by atoms with Crippen LogP contribution >= 0.6 is 0 Å². The van der Waals surface area contributed by atoms with Crippen molar-refractivity contribution in [2.24, 2.45) is 0 Å². The van der Waals surface area contributed by atoms with Crippen molar-refractivity contribution in [1.29, 1.82) is 0 Å². The Morgan fingerprint density at radius 3 is 1.58 bits per heavy atom. The normalized spacial score (nSPS) is 18.7. The van der Waals surface area contributed by atoms with Gasteiger partial charge >= 0.3 is 236 Å². The summed E-state index contributed by atoms with van der Waals surface area (Å²) in [6.07, 6.45) is 8.00. The second kappa shape index (κ2) is 11.9. The topological polar surface area (TPSA) is 18.5 Å². The Bertz CT molecular complexity index is 1490. The van der Waals surface area contributed by atoms with Gasteiger partial charge in [-0.25, -0.2) is 0 Å². The van der Waals surface area contributed by atoms with Crippen molar-refractivity contribution in [2.45, 2.75) is 10.0 Å². The van der Waals surface area contributed by atoms with Crippen LogP contribution in [0, 0.1) is 0 Å². The second-order valence-electron chi connectivity index (χ2n) is 8.82. The van der Waals surface area contributed by atoms with Gasteiger partial charge in [0.05, 0.1) is 0 Å². The van der Waals surface area contributed by atoms with Gasteiger partial charge in [0, 0.05) is 0 Å². The molecule has 0 radical (unpaired) electrons. The van der Waals surface area contributed by atoms with Gasteiger partial charge in [-0.1, -0.05) is 0 Å². The molecule has 0 aromatic heterocycles. The minimum atomic E-state index is -0.0503. The van der Waals surface area contributed by atoms with Crippen LogP contribution in [0.3, 0.4) is 0 Å². The molecule has 186 valence electrons. The summed E-state index contributed by atoms with van der Waals surface area (Å²) in [4.78, 5) is 0. The summed E-state index contributed by atoms with van der Waals surface area (Å²) in [7, 11) is 0. The average molecular weight is 625 g/mol. The van der Waals surface area contributed by atoms with Gasteiger partial charge in [-0.15, -0.1) is 0 Å². The van der Waals surface area contributed by atoms with E-state index in [1.807, 2.05) is 6.08 Å². The van der Waals surface area contributed by atoms with Crippen LogP contribution in [0.5, 0.6) is 0 Å². The average Bonchev–Trinajstić information content (AvgIpc) is 3.01. The molecular formula is C34H26O2Se2. The van der Waals surface area contributed by atoms with Crippen molar-refractivity contribution in [3.63, 3.8) is 0 Å². The van der Waals surface area contributed by atoms with E-state index in [1.165, 1.54) is 22.3 Å². The van der Waals surface area contributed by atoms with Gasteiger partial charge < -0.3 is 0 Å². The van der Waals surface area contributed by atoms with Crippen LogP contribution in [0.2, 0.25) is 0 Å².